The molecule has 1 fully saturated rings. The van der Waals surface area contributed by atoms with Crippen molar-refractivity contribution in [3.05, 3.63) is 22.4 Å². The molecule has 2 heteroatoms. The van der Waals surface area contributed by atoms with Gasteiger partial charge in [-0.15, -0.1) is 0 Å². The molecular weight excluding hydrogens is 168 g/mol. The highest BCUT2D eigenvalue weighted by Gasteiger charge is 2.28. The van der Waals surface area contributed by atoms with Crippen molar-refractivity contribution in [3.63, 3.8) is 0 Å². The minimum atomic E-state index is 0.434. The number of thiophene rings is 1. The van der Waals surface area contributed by atoms with Crippen molar-refractivity contribution in [1.82, 2.24) is 0 Å². The van der Waals surface area contributed by atoms with Gasteiger partial charge >= 0.3 is 0 Å². The lowest BCUT2D eigenvalue weighted by molar-refractivity contribution is -0.120. The second-order valence-electron chi connectivity index (χ2n) is 3.37. The molecule has 0 aromatic carbocycles. The molecule has 12 heavy (non-hydrogen) atoms. The first-order valence-corrected chi connectivity index (χ1v) is 5.34. The van der Waals surface area contributed by atoms with Gasteiger partial charge in [0.2, 0.25) is 0 Å². The fraction of sp³-hybridized carbons (Fsp3) is 0.500. The summed E-state index contributed by atoms with van der Waals surface area (Å²) < 4.78 is 0. The average Bonchev–Trinajstić information content (AvgIpc) is 2.80. The molecular formula is C10H12OS. The van der Waals surface area contributed by atoms with Gasteiger partial charge in [-0.2, -0.15) is 11.3 Å². The molecule has 2 rings (SSSR count). The number of Topliss-reactive ketones (excluding diaryl/α,β-unsaturated/α-hetero) is 1. The van der Waals surface area contributed by atoms with E-state index in [1.165, 1.54) is 5.56 Å². The number of carbonyl (C=O) groups excluding carboxylic acids is 1. The summed E-state index contributed by atoms with van der Waals surface area (Å²) in [6, 6.07) is 2.10. The van der Waals surface area contributed by atoms with Gasteiger partial charge in [-0.1, -0.05) is 0 Å². The van der Waals surface area contributed by atoms with Gasteiger partial charge in [-0.25, -0.2) is 0 Å². The molecule has 64 valence electrons. The number of carbonyl (C=O) groups is 1. The van der Waals surface area contributed by atoms with Gasteiger partial charge in [0.05, 0.1) is 0 Å². The van der Waals surface area contributed by atoms with Gasteiger partial charge in [-0.05, 0) is 41.7 Å². The Balaban J connectivity index is 1.78. The molecule has 1 aromatic heterocycles. The van der Waals surface area contributed by atoms with E-state index in [-0.39, 0.29) is 0 Å². The monoisotopic (exact) mass is 180 g/mol. The number of rotatable bonds is 4. The fourth-order valence-electron chi connectivity index (χ4n) is 1.31. The highest BCUT2D eigenvalue weighted by molar-refractivity contribution is 7.07. The smallest absolute Gasteiger partial charge is 0.136 e. The maximum Gasteiger partial charge on any atom is 0.136 e. The van der Waals surface area contributed by atoms with Crippen molar-refractivity contribution in [2.24, 2.45) is 5.92 Å². The third-order valence-corrected chi connectivity index (χ3v) is 3.00. The van der Waals surface area contributed by atoms with Crippen molar-refractivity contribution in [1.29, 1.82) is 0 Å². The predicted molar refractivity (Wildman–Crippen MR) is 50.4 cm³/mol. The second-order valence-corrected chi connectivity index (χ2v) is 4.15. The average molecular weight is 180 g/mol. The van der Waals surface area contributed by atoms with E-state index in [2.05, 4.69) is 16.8 Å². The van der Waals surface area contributed by atoms with Crippen LogP contribution < -0.4 is 0 Å². The Labute approximate surface area is 76.4 Å². The molecule has 0 aliphatic heterocycles. The Morgan fingerprint density at radius 2 is 2.42 bits per heavy atom. The number of ketones is 1. The first kappa shape index (κ1) is 7.99. The van der Waals surface area contributed by atoms with E-state index < -0.39 is 0 Å². The lowest BCUT2D eigenvalue weighted by Crippen LogP contribution is -2.01. The van der Waals surface area contributed by atoms with Crippen molar-refractivity contribution >= 4 is 17.1 Å². The normalized spacial score (nSPS) is 16.3. The maximum atomic E-state index is 11.3. The zero-order chi connectivity index (χ0) is 8.39. The SMILES string of the molecule is O=C(CCc1ccsc1)C1CC1. The molecule has 0 N–H and O–H groups in total. The molecule has 1 nitrogen and oxygen atoms in total. The summed E-state index contributed by atoms with van der Waals surface area (Å²) in [5.74, 6) is 0.907. The fourth-order valence-corrected chi connectivity index (χ4v) is 2.02. The molecule has 1 heterocycles. The van der Waals surface area contributed by atoms with Gasteiger partial charge in [-0.3, -0.25) is 4.79 Å². The van der Waals surface area contributed by atoms with Gasteiger partial charge in [0.15, 0.2) is 0 Å². The Morgan fingerprint density at radius 3 is 3.00 bits per heavy atom. The minimum absolute atomic E-state index is 0.434. The van der Waals surface area contributed by atoms with Crippen LogP contribution in [-0.4, -0.2) is 5.78 Å². The zero-order valence-corrected chi connectivity index (χ0v) is 7.77. The molecule has 1 aliphatic rings. The van der Waals surface area contributed by atoms with E-state index in [1.807, 2.05) is 0 Å². The summed E-state index contributed by atoms with van der Waals surface area (Å²) in [6.45, 7) is 0. The largest absolute Gasteiger partial charge is 0.299 e. The summed E-state index contributed by atoms with van der Waals surface area (Å²) in [7, 11) is 0. The molecule has 0 unspecified atom stereocenters. The summed E-state index contributed by atoms with van der Waals surface area (Å²) in [5, 5.41) is 4.19. The lowest BCUT2D eigenvalue weighted by atomic mass is 10.1. The van der Waals surface area contributed by atoms with Crippen LogP contribution in [0.5, 0.6) is 0 Å². The molecule has 0 atom stereocenters. The van der Waals surface area contributed by atoms with Crippen LogP contribution in [0.1, 0.15) is 24.8 Å². The lowest BCUT2D eigenvalue weighted by Gasteiger charge is -1.95. The molecule has 0 amide bonds. The number of hydrogen-bond acceptors (Lipinski definition) is 2. The Morgan fingerprint density at radius 1 is 1.58 bits per heavy atom. The van der Waals surface area contributed by atoms with Crippen molar-refractivity contribution in [2.45, 2.75) is 25.7 Å². The van der Waals surface area contributed by atoms with Crippen LogP contribution in [0.25, 0.3) is 0 Å². The van der Waals surface area contributed by atoms with Gasteiger partial charge in [0, 0.05) is 12.3 Å². The van der Waals surface area contributed by atoms with Gasteiger partial charge in [0.25, 0.3) is 0 Å². The van der Waals surface area contributed by atoms with Crippen molar-refractivity contribution < 1.29 is 4.79 Å². The third-order valence-electron chi connectivity index (χ3n) is 2.27. The van der Waals surface area contributed by atoms with E-state index in [0.717, 1.165) is 25.7 Å². The van der Waals surface area contributed by atoms with Crippen LogP contribution in [0.4, 0.5) is 0 Å². The van der Waals surface area contributed by atoms with E-state index in [0.29, 0.717) is 11.7 Å². The van der Waals surface area contributed by atoms with Crippen LogP contribution in [0, 0.1) is 5.92 Å². The Bertz CT molecular complexity index is 259. The molecule has 0 spiro atoms. The van der Waals surface area contributed by atoms with Crippen molar-refractivity contribution in [3.8, 4) is 0 Å². The Kier molecular flexibility index (Phi) is 2.26. The molecule has 0 saturated heterocycles. The molecule has 0 bridgehead atoms. The highest BCUT2D eigenvalue weighted by atomic mass is 32.1. The molecule has 1 aromatic rings. The summed E-state index contributed by atoms with van der Waals surface area (Å²) in [4.78, 5) is 11.3. The van der Waals surface area contributed by atoms with Crippen LogP contribution in [0.3, 0.4) is 0 Å². The quantitative estimate of drug-likeness (QED) is 0.696. The highest BCUT2D eigenvalue weighted by Crippen LogP contribution is 2.31. The predicted octanol–water partition coefficient (Wildman–Crippen LogP) is 2.66. The van der Waals surface area contributed by atoms with E-state index in [9.17, 15) is 4.79 Å². The van der Waals surface area contributed by atoms with E-state index >= 15 is 0 Å². The minimum Gasteiger partial charge on any atom is -0.299 e. The van der Waals surface area contributed by atoms with E-state index in [4.69, 9.17) is 0 Å². The zero-order valence-electron chi connectivity index (χ0n) is 6.95. The topological polar surface area (TPSA) is 17.1 Å². The number of hydrogen-bond donors (Lipinski definition) is 0. The maximum absolute atomic E-state index is 11.3. The van der Waals surface area contributed by atoms with Crippen LogP contribution in [0.15, 0.2) is 16.8 Å². The van der Waals surface area contributed by atoms with Gasteiger partial charge in [0.1, 0.15) is 5.78 Å². The first-order chi connectivity index (χ1) is 5.86. The first-order valence-electron chi connectivity index (χ1n) is 4.40. The standard InChI is InChI=1S/C10H12OS/c11-10(9-2-3-9)4-1-8-5-6-12-7-8/h5-7,9H,1-4H2. The second kappa shape index (κ2) is 3.40. The van der Waals surface area contributed by atoms with Crippen LogP contribution >= 0.6 is 11.3 Å². The summed E-state index contributed by atoms with van der Waals surface area (Å²) in [5.41, 5.74) is 1.31. The third kappa shape index (κ3) is 1.95. The summed E-state index contributed by atoms with van der Waals surface area (Å²) in [6.07, 6.45) is 3.98. The van der Waals surface area contributed by atoms with Gasteiger partial charge < -0.3 is 0 Å². The van der Waals surface area contributed by atoms with Crippen molar-refractivity contribution in [2.75, 3.05) is 0 Å². The molecule has 1 saturated carbocycles. The molecule has 1 aliphatic carbocycles. The van der Waals surface area contributed by atoms with E-state index in [1.54, 1.807) is 11.3 Å². The van der Waals surface area contributed by atoms with Crippen LogP contribution in [0.2, 0.25) is 0 Å². The molecule has 0 radical (unpaired) electrons. The number of aryl methyl sites for hydroxylation is 1. The summed E-state index contributed by atoms with van der Waals surface area (Å²) >= 11 is 1.70. The Hall–Kier alpha value is -0.630. The van der Waals surface area contributed by atoms with Crippen LogP contribution in [-0.2, 0) is 11.2 Å².